The van der Waals surface area contributed by atoms with Gasteiger partial charge in [-0.3, -0.25) is 9.88 Å². The zero-order chi connectivity index (χ0) is 10.7. The summed E-state index contributed by atoms with van der Waals surface area (Å²) in [5.41, 5.74) is 1.15. The SMILES string of the molecule is CN1CCC[C@H](C=O)[C@@H]1c1cccnc1. The Bertz CT molecular complexity index is 326. The van der Waals surface area contributed by atoms with E-state index in [2.05, 4.69) is 23.0 Å². The lowest BCUT2D eigenvalue weighted by Gasteiger charge is -2.36. The first-order chi connectivity index (χ1) is 7.33. The Balaban J connectivity index is 2.27. The molecule has 2 rings (SSSR count). The zero-order valence-electron chi connectivity index (χ0n) is 8.97. The van der Waals surface area contributed by atoms with Gasteiger partial charge in [-0.2, -0.15) is 0 Å². The van der Waals surface area contributed by atoms with Gasteiger partial charge in [-0.1, -0.05) is 6.07 Å². The number of aldehydes is 1. The molecule has 3 nitrogen and oxygen atoms in total. The molecule has 1 aliphatic rings. The standard InChI is InChI=1S/C12H16N2O/c1-14-7-3-5-11(9-15)12(14)10-4-2-6-13-8-10/h2,4,6,8-9,11-12H,3,5,7H2,1H3/t11-,12+/m1/s1. The molecule has 1 aliphatic heterocycles. The minimum Gasteiger partial charge on any atom is -0.303 e. The Hall–Kier alpha value is -1.22. The number of pyridine rings is 1. The molecule has 1 saturated heterocycles. The van der Waals surface area contributed by atoms with Crippen LogP contribution in [0.15, 0.2) is 24.5 Å². The first kappa shape index (κ1) is 10.3. The van der Waals surface area contributed by atoms with Gasteiger partial charge in [0.15, 0.2) is 0 Å². The Morgan fingerprint density at radius 2 is 2.47 bits per heavy atom. The van der Waals surface area contributed by atoms with E-state index < -0.39 is 0 Å². The van der Waals surface area contributed by atoms with Gasteiger partial charge in [0.05, 0.1) is 0 Å². The molecule has 80 valence electrons. The number of piperidine rings is 1. The van der Waals surface area contributed by atoms with Crippen LogP contribution in [0.5, 0.6) is 0 Å². The van der Waals surface area contributed by atoms with Gasteiger partial charge in [0.2, 0.25) is 0 Å². The summed E-state index contributed by atoms with van der Waals surface area (Å²) >= 11 is 0. The fraction of sp³-hybridized carbons (Fsp3) is 0.500. The van der Waals surface area contributed by atoms with Crippen LogP contribution >= 0.6 is 0 Å². The number of hydrogen-bond donors (Lipinski definition) is 0. The Morgan fingerprint density at radius 3 is 3.13 bits per heavy atom. The lowest BCUT2D eigenvalue weighted by atomic mass is 9.87. The lowest BCUT2D eigenvalue weighted by molar-refractivity contribution is -0.114. The van der Waals surface area contributed by atoms with Crippen molar-refractivity contribution in [1.29, 1.82) is 0 Å². The highest BCUT2D eigenvalue weighted by Gasteiger charge is 2.30. The predicted molar refractivity (Wildman–Crippen MR) is 58.4 cm³/mol. The van der Waals surface area contributed by atoms with E-state index in [1.54, 1.807) is 6.20 Å². The number of aromatic nitrogens is 1. The number of carbonyl (C=O) groups excluding carboxylic acids is 1. The normalized spacial score (nSPS) is 27.5. The van der Waals surface area contributed by atoms with E-state index in [-0.39, 0.29) is 12.0 Å². The van der Waals surface area contributed by atoms with Crippen molar-refractivity contribution in [3.8, 4) is 0 Å². The minimum atomic E-state index is 0.118. The highest BCUT2D eigenvalue weighted by atomic mass is 16.1. The van der Waals surface area contributed by atoms with Crippen LogP contribution in [-0.2, 0) is 4.79 Å². The molecule has 15 heavy (non-hydrogen) atoms. The average molecular weight is 204 g/mol. The quantitative estimate of drug-likeness (QED) is 0.687. The van der Waals surface area contributed by atoms with Gasteiger partial charge in [-0.05, 0) is 38.1 Å². The van der Waals surface area contributed by atoms with Crippen molar-refractivity contribution in [2.24, 2.45) is 5.92 Å². The minimum absolute atomic E-state index is 0.118. The summed E-state index contributed by atoms with van der Waals surface area (Å²) in [7, 11) is 2.08. The van der Waals surface area contributed by atoms with Crippen LogP contribution in [0.25, 0.3) is 0 Å². The Kier molecular flexibility index (Phi) is 3.11. The van der Waals surface area contributed by atoms with Crippen molar-refractivity contribution in [3.05, 3.63) is 30.1 Å². The van der Waals surface area contributed by atoms with Gasteiger partial charge in [-0.15, -0.1) is 0 Å². The van der Waals surface area contributed by atoms with Gasteiger partial charge in [0, 0.05) is 24.4 Å². The molecule has 3 heteroatoms. The highest BCUT2D eigenvalue weighted by Crippen LogP contribution is 2.33. The Morgan fingerprint density at radius 1 is 1.60 bits per heavy atom. The monoisotopic (exact) mass is 204 g/mol. The third-order valence-corrected chi connectivity index (χ3v) is 3.13. The number of likely N-dealkylation sites (tertiary alicyclic amines) is 1. The van der Waals surface area contributed by atoms with Gasteiger partial charge < -0.3 is 4.79 Å². The summed E-state index contributed by atoms with van der Waals surface area (Å²) in [6.07, 6.45) is 6.82. The van der Waals surface area contributed by atoms with Crippen LogP contribution in [-0.4, -0.2) is 29.8 Å². The molecule has 1 aromatic rings. The molecule has 2 heterocycles. The number of rotatable bonds is 2. The van der Waals surface area contributed by atoms with E-state index in [1.807, 2.05) is 12.3 Å². The topological polar surface area (TPSA) is 33.2 Å². The molecule has 0 N–H and O–H groups in total. The second kappa shape index (κ2) is 4.53. The van der Waals surface area contributed by atoms with Crippen LogP contribution in [0.1, 0.15) is 24.4 Å². The van der Waals surface area contributed by atoms with Gasteiger partial charge >= 0.3 is 0 Å². The van der Waals surface area contributed by atoms with Crippen molar-refractivity contribution >= 4 is 6.29 Å². The Labute approximate surface area is 90.1 Å². The van der Waals surface area contributed by atoms with Gasteiger partial charge in [0.1, 0.15) is 6.29 Å². The van der Waals surface area contributed by atoms with Crippen LogP contribution in [0.3, 0.4) is 0 Å². The molecule has 0 unspecified atom stereocenters. The summed E-state index contributed by atoms with van der Waals surface area (Å²) in [4.78, 5) is 17.4. The number of nitrogens with zero attached hydrogens (tertiary/aromatic N) is 2. The fourth-order valence-corrected chi connectivity index (χ4v) is 2.40. The summed E-state index contributed by atoms with van der Waals surface area (Å²) in [5.74, 6) is 0.118. The summed E-state index contributed by atoms with van der Waals surface area (Å²) in [6, 6.07) is 4.19. The van der Waals surface area contributed by atoms with Crippen molar-refractivity contribution in [2.45, 2.75) is 18.9 Å². The van der Waals surface area contributed by atoms with Crippen molar-refractivity contribution < 1.29 is 4.79 Å². The first-order valence-corrected chi connectivity index (χ1v) is 5.38. The molecule has 1 fully saturated rings. The first-order valence-electron chi connectivity index (χ1n) is 5.38. The lowest BCUT2D eigenvalue weighted by Crippen LogP contribution is -2.36. The number of hydrogen-bond acceptors (Lipinski definition) is 3. The summed E-state index contributed by atoms with van der Waals surface area (Å²) < 4.78 is 0. The van der Waals surface area contributed by atoms with Crippen LogP contribution < -0.4 is 0 Å². The third-order valence-electron chi connectivity index (χ3n) is 3.13. The van der Waals surface area contributed by atoms with Gasteiger partial charge in [-0.25, -0.2) is 0 Å². The highest BCUT2D eigenvalue weighted by molar-refractivity contribution is 5.56. The molecule has 1 aromatic heterocycles. The van der Waals surface area contributed by atoms with E-state index in [0.29, 0.717) is 0 Å². The smallest absolute Gasteiger partial charge is 0.124 e. The van der Waals surface area contributed by atoms with Crippen molar-refractivity contribution in [1.82, 2.24) is 9.88 Å². The van der Waals surface area contributed by atoms with Gasteiger partial charge in [0.25, 0.3) is 0 Å². The van der Waals surface area contributed by atoms with Crippen LogP contribution in [0, 0.1) is 5.92 Å². The maximum Gasteiger partial charge on any atom is 0.124 e. The molecule has 0 bridgehead atoms. The number of carbonyl (C=O) groups is 1. The molecule has 0 saturated carbocycles. The molecular formula is C12H16N2O. The van der Waals surface area contributed by atoms with Crippen LogP contribution in [0.2, 0.25) is 0 Å². The largest absolute Gasteiger partial charge is 0.303 e. The molecule has 0 amide bonds. The second-order valence-electron chi connectivity index (χ2n) is 4.15. The third kappa shape index (κ3) is 2.07. The molecule has 0 radical (unpaired) electrons. The summed E-state index contributed by atoms with van der Waals surface area (Å²) in [5, 5.41) is 0. The summed E-state index contributed by atoms with van der Waals surface area (Å²) in [6.45, 7) is 1.06. The molecule has 0 spiro atoms. The van der Waals surface area contributed by atoms with E-state index >= 15 is 0 Å². The molecule has 2 atom stereocenters. The van der Waals surface area contributed by atoms with Crippen molar-refractivity contribution in [3.63, 3.8) is 0 Å². The maximum absolute atomic E-state index is 11.0. The zero-order valence-corrected chi connectivity index (χ0v) is 8.97. The maximum atomic E-state index is 11.0. The van der Waals surface area contributed by atoms with E-state index in [1.165, 1.54) is 0 Å². The molecule has 0 aliphatic carbocycles. The van der Waals surface area contributed by atoms with Crippen molar-refractivity contribution in [2.75, 3.05) is 13.6 Å². The fourth-order valence-electron chi connectivity index (χ4n) is 2.40. The average Bonchev–Trinajstić information content (AvgIpc) is 2.29. The van der Waals surface area contributed by atoms with Crippen LogP contribution in [0.4, 0.5) is 0 Å². The van der Waals surface area contributed by atoms with E-state index in [9.17, 15) is 4.79 Å². The predicted octanol–water partition coefficient (Wildman–Crippen LogP) is 1.66. The molecule has 0 aromatic carbocycles. The van der Waals surface area contributed by atoms with E-state index in [0.717, 1.165) is 31.2 Å². The second-order valence-corrected chi connectivity index (χ2v) is 4.15. The van der Waals surface area contributed by atoms with E-state index in [4.69, 9.17) is 0 Å². The molecular weight excluding hydrogens is 188 g/mol.